The van der Waals surface area contributed by atoms with Gasteiger partial charge in [0, 0.05) is 6.54 Å². The Morgan fingerprint density at radius 2 is 1.66 bits per heavy atom. The number of carbonyl (C=O) groups excluding carboxylic acids is 1. The van der Waals surface area contributed by atoms with Crippen LogP contribution in [0.2, 0.25) is 0 Å². The van der Waals surface area contributed by atoms with Crippen molar-refractivity contribution in [3.8, 4) is 5.75 Å². The highest BCUT2D eigenvalue weighted by atomic mass is 32.2. The minimum atomic E-state index is -3.67. The van der Waals surface area contributed by atoms with Gasteiger partial charge in [0.15, 0.2) is 0 Å². The fourth-order valence-electron chi connectivity index (χ4n) is 2.75. The molecule has 32 heavy (non-hydrogen) atoms. The molecule has 170 valence electrons. The lowest BCUT2D eigenvalue weighted by Crippen LogP contribution is -2.33. The molecule has 4 N–H and O–H groups in total. The number of amides is 1. The largest absolute Gasteiger partial charge is 0.489 e. The number of rotatable bonds is 8. The molecule has 7 nitrogen and oxygen atoms in total. The summed E-state index contributed by atoms with van der Waals surface area (Å²) in [4.78, 5) is 11.7. The van der Waals surface area contributed by atoms with Crippen LogP contribution in [0.1, 0.15) is 22.7 Å². The molecule has 0 aliphatic carbocycles. The zero-order valence-corrected chi connectivity index (χ0v) is 18.3. The summed E-state index contributed by atoms with van der Waals surface area (Å²) in [5, 5.41) is 3.18. The predicted octanol–water partition coefficient (Wildman–Crippen LogP) is 3.22. The first-order chi connectivity index (χ1) is 15.1. The lowest BCUT2D eigenvalue weighted by atomic mass is 10.1. The number of hydrogen-bond acceptors (Lipinski definition) is 5. The summed E-state index contributed by atoms with van der Waals surface area (Å²) >= 11 is 0. The highest BCUT2D eigenvalue weighted by Crippen LogP contribution is 2.17. The quantitative estimate of drug-likeness (QED) is 0.444. The van der Waals surface area contributed by atoms with E-state index in [4.69, 9.17) is 15.0 Å². The fourth-order valence-corrected chi connectivity index (χ4v) is 2.75. The number of nitrogens with one attached hydrogen (secondary N) is 1. The Balaban J connectivity index is 0.000000654. The van der Waals surface area contributed by atoms with Gasteiger partial charge in [-0.15, -0.1) is 0 Å². The predicted molar refractivity (Wildman–Crippen MR) is 120 cm³/mol. The van der Waals surface area contributed by atoms with Crippen LogP contribution >= 0.6 is 0 Å². The fraction of sp³-hybridized carbons (Fsp3) is 0.174. The van der Waals surface area contributed by atoms with E-state index in [0.29, 0.717) is 25.2 Å². The van der Waals surface area contributed by atoms with Gasteiger partial charge < -0.3 is 10.5 Å². The maximum atomic E-state index is 13.2. The molecule has 0 saturated heterocycles. The molecule has 3 aromatic rings. The topological polar surface area (TPSA) is 119 Å². The minimum absolute atomic E-state index is 0.278. The zero-order chi connectivity index (χ0) is 23.6. The van der Waals surface area contributed by atoms with E-state index in [0.717, 1.165) is 16.7 Å². The van der Waals surface area contributed by atoms with Crippen molar-refractivity contribution < 1.29 is 26.9 Å². The molecule has 9 heteroatoms. The number of primary amides is 1. The lowest BCUT2D eigenvalue weighted by Gasteiger charge is -2.16. The molecule has 3 rings (SSSR count). The average molecular weight is 461 g/mol. The van der Waals surface area contributed by atoms with Crippen LogP contribution in [0.25, 0.3) is 0 Å². The van der Waals surface area contributed by atoms with E-state index < -0.39 is 22.1 Å². The average Bonchev–Trinajstić information content (AvgIpc) is 2.73. The van der Waals surface area contributed by atoms with Crippen LogP contribution in [-0.4, -0.2) is 25.1 Å². The van der Waals surface area contributed by atoms with Crippen LogP contribution in [0.15, 0.2) is 78.9 Å². The molecule has 0 radical (unpaired) electrons. The van der Waals surface area contributed by atoms with Crippen molar-refractivity contribution in [2.24, 2.45) is 5.73 Å². The third kappa shape index (κ3) is 9.69. The standard InChI is InChI=1S/C22H21FN2O2.CH4O3S/c23-19-8-4-5-17(13-19)15-27-20-11-9-16(10-12-20)14-25-21(22(24)26)18-6-2-1-3-7-18;1-5(2,3)4/h1-13,21,25H,14-15H2,(H2,24,26);1H3,(H,2,3,4)/t21-;/m1./s1. The molecule has 0 saturated carbocycles. The summed E-state index contributed by atoms with van der Waals surface area (Å²) in [5.74, 6) is -0.00582. The Morgan fingerprint density at radius 3 is 2.22 bits per heavy atom. The molecule has 0 spiro atoms. The van der Waals surface area contributed by atoms with Gasteiger partial charge in [-0.25, -0.2) is 4.39 Å². The minimum Gasteiger partial charge on any atom is -0.489 e. The second kappa shape index (κ2) is 11.9. The van der Waals surface area contributed by atoms with E-state index in [1.54, 1.807) is 6.07 Å². The van der Waals surface area contributed by atoms with Gasteiger partial charge in [-0.3, -0.25) is 14.7 Å². The summed E-state index contributed by atoms with van der Waals surface area (Å²) in [6, 6.07) is 22.7. The van der Waals surface area contributed by atoms with Crippen LogP contribution in [0.5, 0.6) is 5.75 Å². The van der Waals surface area contributed by atoms with Crippen LogP contribution in [0.4, 0.5) is 4.39 Å². The van der Waals surface area contributed by atoms with E-state index >= 15 is 0 Å². The first-order valence-electron chi connectivity index (χ1n) is 9.58. The van der Waals surface area contributed by atoms with Gasteiger partial charge in [-0.05, 0) is 41.0 Å². The first-order valence-corrected chi connectivity index (χ1v) is 11.4. The molecular weight excluding hydrogens is 435 g/mol. The number of nitrogens with two attached hydrogens (primary N) is 1. The molecule has 3 aromatic carbocycles. The molecule has 1 amide bonds. The summed E-state index contributed by atoms with van der Waals surface area (Å²) < 4.78 is 44.7. The molecule has 0 aliphatic rings. The molecule has 0 unspecified atom stereocenters. The zero-order valence-electron chi connectivity index (χ0n) is 17.4. The van der Waals surface area contributed by atoms with Crippen molar-refractivity contribution in [1.82, 2.24) is 5.32 Å². The van der Waals surface area contributed by atoms with Crippen LogP contribution in [0.3, 0.4) is 0 Å². The normalized spacial score (nSPS) is 11.7. The lowest BCUT2D eigenvalue weighted by molar-refractivity contribution is -0.120. The summed E-state index contributed by atoms with van der Waals surface area (Å²) in [6.45, 7) is 0.791. The maximum Gasteiger partial charge on any atom is 0.261 e. The van der Waals surface area contributed by atoms with Crippen LogP contribution in [-0.2, 0) is 28.1 Å². The van der Waals surface area contributed by atoms with E-state index in [2.05, 4.69) is 5.32 Å². The van der Waals surface area contributed by atoms with Crippen molar-refractivity contribution in [3.05, 3.63) is 101 Å². The SMILES string of the molecule is CS(=O)(=O)O.NC(=O)[C@H](NCc1ccc(OCc2cccc(F)c2)cc1)c1ccccc1. The molecule has 0 bridgehead atoms. The summed E-state index contributed by atoms with van der Waals surface area (Å²) in [6.07, 6.45) is 0.715. The monoisotopic (exact) mass is 460 g/mol. The number of benzene rings is 3. The molecular formula is C23H25FN2O5S. The highest BCUT2D eigenvalue weighted by molar-refractivity contribution is 7.85. The Kier molecular flexibility index (Phi) is 9.33. The van der Waals surface area contributed by atoms with Gasteiger partial charge in [0.25, 0.3) is 10.1 Å². The van der Waals surface area contributed by atoms with Gasteiger partial charge in [-0.1, -0.05) is 54.6 Å². The van der Waals surface area contributed by atoms with E-state index in [1.807, 2.05) is 60.7 Å². The van der Waals surface area contributed by atoms with E-state index in [9.17, 15) is 17.6 Å². The van der Waals surface area contributed by atoms with E-state index in [-0.39, 0.29) is 5.82 Å². The number of halogens is 1. The first kappa shape index (κ1) is 25.0. The van der Waals surface area contributed by atoms with Gasteiger partial charge in [0.05, 0.1) is 6.26 Å². The Morgan fingerprint density at radius 1 is 1.03 bits per heavy atom. The van der Waals surface area contributed by atoms with Gasteiger partial charge in [0.1, 0.15) is 24.2 Å². The molecule has 0 aromatic heterocycles. The van der Waals surface area contributed by atoms with Crippen molar-refractivity contribution in [2.45, 2.75) is 19.2 Å². The van der Waals surface area contributed by atoms with Crippen LogP contribution in [0, 0.1) is 5.82 Å². The Hall–Kier alpha value is -3.27. The van der Waals surface area contributed by atoms with Crippen molar-refractivity contribution in [3.63, 3.8) is 0 Å². The number of ether oxygens (including phenoxy) is 1. The second-order valence-electron chi connectivity index (χ2n) is 6.92. The molecule has 0 heterocycles. The van der Waals surface area contributed by atoms with Crippen molar-refractivity contribution >= 4 is 16.0 Å². The molecule has 1 atom stereocenters. The van der Waals surface area contributed by atoms with Gasteiger partial charge >= 0.3 is 0 Å². The number of carbonyl (C=O) groups is 1. The Bertz CT molecular complexity index is 1100. The maximum absolute atomic E-state index is 13.2. The Labute approximate surface area is 186 Å². The molecule has 0 aliphatic heterocycles. The third-order valence-corrected chi connectivity index (χ3v) is 4.15. The summed E-state index contributed by atoms with van der Waals surface area (Å²) in [7, 11) is -3.67. The third-order valence-electron chi connectivity index (χ3n) is 4.15. The number of hydrogen-bond donors (Lipinski definition) is 3. The second-order valence-corrected chi connectivity index (χ2v) is 8.39. The molecule has 0 fully saturated rings. The highest BCUT2D eigenvalue weighted by Gasteiger charge is 2.16. The van der Waals surface area contributed by atoms with Gasteiger partial charge in [0.2, 0.25) is 5.91 Å². The summed E-state index contributed by atoms with van der Waals surface area (Å²) in [5.41, 5.74) is 8.11. The van der Waals surface area contributed by atoms with Crippen molar-refractivity contribution in [2.75, 3.05) is 6.26 Å². The van der Waals surface area contributed by atoms with Gasteiger partial charge in [-0.2, -0.15) is 8.42 Å². The van der Waals surface area contributed by atoms with E-state index in [1.165, 1.54) is 12.1 Å². The van der Waals surface area contributed by atoms with Crippen LogP contribution < -0.4 is 15.8 Å². The smallest absolute Gasteiger partial charge is 0.261 e. The van der Waals surface area contributed by atoms with Crippen molar-refractivity contribution in [1.29, 1.82) is 0 Å².